The van der Waals surface area contributed by atoms with Crippen molar-refractivity contribution < 1.29 is 9.59 Å². The van der Waals surface area contributed by atoms with Crippen LogP contribution in [-0.4, -0.2) is 47.0 Å². The van der Waals surface area contributed by atoms with Crippen LogP contribution < -0.4 is 0 Å². The molecule has 2 aliphatic heterocycles. The summed E-state index contributed by atoms with van der Waals surface area (Å²) in [5.41, 5.74) is 1.68. The van der Waals surface area contributed by atoms with Crippen molar-refractivity contribution in [1.29, 1.82) is 5.26 Å². The average molecular weight is 329 g/mol. The second-order valence-corrected chi connectivity index (χ2v) is 6.89. The summed E-state index contributed by atoms with van der Waals surface area (Å²) in [7, 11) is 0. The third kappa shape index (κ3) is 3.50. The molecule has 1 aromatic carbocycles. The Balaban J connectivity index is 1.60. The third-order valence-corrected chi connectivity index (χ3v) is 5.55. The molecule has 2 heterocycles. The molecule has 0 aliphatic carbocycles. The van der Waals surface area contributed by atoms with E-state index in [2.05, 4.69) is 6.07 Å². The number of carbonyl (C=O) groups is 2. The normalized spacial score (nSPS) is 21.1. The van der Waals surface area contributed by atoms with E-state index in [1.165, 1.54) is 0 Å². The van der Waals surface area contributed by atoms with Crippen LogP contribution in [0.4, 0.5) is 0 Å². The molecule has 23 heavy (non-hydrogen) atoms. The number of rotatable bonds is 5. The first-order chi connectivity index (χ1) is 11.2. The molecular formula is C17H19N3O2S. The van der Waals surface area contributed by atoms with Crippen molar-refractivity contribution in [3.63, 3.8) is 0 Å². The van der Waals surface area contributed by atoms with Crippen molar-refractivity contribution >= 4 is 23.6 Å². The SMILES string of the molecule is N#Cc1ccc(C2SCC(=O)N2CCCN2CCCC2=O)cc1. The summed E-state index contributed by atoms with van der Waals surface area (Å²) in [6.07, 6.45) is 2.42. The first-order valence-electron chi connectivity index (χ1n) is 7.88. The maximum Gasteiger partial charge on any atom is 0.233 e. The summed E-state index contributed by atoms with van der Waals surface area (Å²) in [4.78, 5) is 27.6. The van der Waals surface area contributed by atoms with E-state index in [0.29, 0.717) is 24.3 Å². The van der Waals surface area contributed by atoms with Crippen molar-refractivity contribution in [3.05, 3.63) is 35.4 Å². The zero-order valence-corrected chi connectivity index (χ0v) is 13.7. The Morgan fingerprint density at radius 2 is 1.96 bits per heavy atom. The molecule has 2 fully saturated rings. The molecule has 120 valence electrons. The Labute approximate surface area is 140 Å². The lowest BCUT2D eigenvalue weighted by Gasteiger charge is -2.25. The molecule has 1 aromatic rings. The van der Waals surface area contributed by atoms with E-state index in [0.717, 1.165) is 31.5 Å². The molecule has 1 unspecified atom stereocenters. The minimum Gasteiger partial charge on any atom is -0.343 e. The van der Waals surface area contributed by atoms with Crippen LogP contribution >= 0.6 is 11.8 Å². The number of benzene rings is 1. The quantitative estimate of drug-likeness (QED) is 0.830. The van der Waals surface area contributed by atoms with Crippen LogP contribution in [0.5, 0.6) is 0 Å². The Hall–Kier alpha value is -2.00. The minimum absolute atomic E-state index is 0.0181. The number of hydrogen-bond acceptors (Lipinski definition) is 4. The molecule has 0 aromatic heterocycles. The molecule has 0 bridgehead atoms. The van der Waals surface area contributed by atoms with E-state index in [4.69, 9.17) is 5.26 Å². The summed E-state index contributed by atoms with van der Waals surface area (Å²) < 4.78 is 0. The molecule has 1 atom stereocenters. The minimum atomic E-state index is 0.0181. The number of thioether (sulfide) groups is 1. The van der Waals surface area contributed by atoms with Gasteiger partial charge in [-0.15, -0.1) is 11.8 Å². The number of nitrogens with zero attached hydrogens (tertiary/aromatic N) is 3. The topological polar surface area (TPSA) is 64.4 Å². The zero-order chi connectivity index (χ0) is 16.2. The Kier molecular flexibility index (Phi) is 4.87. The van der Waals surface area contributed by atoms with Gasteiger partial charge >= 0.3 is 0 Å². The summed E-state index contributed by atoms with van der Waals surface area (Å²) in [5, 5.41) is 8.90. The van der Waals surface area contributed by atoms with E-state index in [-0.39, 0.29) is 17.2 Å². The lowest BCUT2D eigenvalue weighted by Crippen LogP contribution is -2.33. The Morgan fingerprint density at radius 1 is 1.17 bits per heavy atom. The van der Waals surface area contributed by atoms with Gasteiger partial charge in [0.05, 0.1) is 17.4 Å². The molecule has 0 spiro atoms. The smallest absolute Gasteiger partial charge is 0.233 e. The van der Waals surface area contributed by atoms with Crippen molar-refractivity contribution in [1.82, 2.24) is 9.80 Å². The number of likely N-dealkylation sites (tertiary alicyclic amines) is 1. The third-order valence-electron chi connectivity index (χ3n) is 4.29. The first kappa shape index (κ1) is 15.9. The molecule has 0 saturated carbocycles. The molecule has 0 radical (unpaired) electrons. The number of amides is 2. The van der Waals surface area contributed by atoms with E-state index in [1.807, 2.05) is 21.9 Å². The molecule has 3 rings (SSSR count). The molecule has 0 N–H and O–H groups in total. The van der Waals surface area contributed by atoms with Crippen LogP contribution in [-0.2, 0) is 9.59 Å². The van der Waals surface area contributed by atoms with Crippen LogP contribution in [0.15, 0.2) is 24.3 Å². The van der Waals surface area contributed by atoms with Gasteiger partial charge in [-0.05, 0) is 30.5 Å². The fraction of sp³-hybridized carbons (Fsp3) is 0.471. The monoisotopic (exact) mass is 329 g/mol. The fourth-order valence-electron chi connectivity index (χ4n) is 3.07. The number of hydrogen-bond donors (Lipinski definition) is 0. The highest BCUT2D eigenvalue weighted by Gasteiger charge is 2.32. The molecular weight excluding hydrogens is 310 g/mol. The Bertz CT molecular complexity index is 638. The lowest BCUT2D eigenvalue weighted by molar-refractivity contribution is -0.128. The summed E-state index contributed by atoms with van der Waals surface area (Å²) in [6, 6.07) is 9.54. The van der Waals surface area contributed by atoms with E-state index < -0.39 is 0 Å². The first-order valence-corrected chi connectivity index (χ1v) is 8.93. The van der Waals surface area contributed by atoms with Crippen LogP contribution in [0.2, 0.25) is 0 Å². The molecule has 2 aliphatic rings. The molecule has 6 heteroatoms. The van der Waals surface area contributed by atoms with Crippen molar-refractivity contribution in [2.75, 3.05) is 25.4 Å². The maximum absolute atomic E-state index is 12.1. The molecule has 5 nitrogen and oxygen atoms in total. The largest absolute Gasteiger partial charge is 0.343 e. The standard InChI is InChI=1S/C17H19N3O2S/c18-11-13-4-6-14(7-5-13)17-20(16(22)12-23-17)10-2-9-19-8-1-3-15(19)21/h4-7,17H,1-3,8-10,12H2. The molecule has 2 amide bonds. The Morgan fingerprint density at radius 3 is 2.61 bits per heavy atom. The van der Waals surface area contributed by atoms with Gasteiger partial charge in [0.1, 0.15) is 5.37 Å². The number of nitriles is 1. The second-order valence-electron chi connectivity index (χ2n) is 5.82. The van der Waals surface area contributed by atoms with Gasteiger partial charge < -0.3 is 9.80 Å². The van der Waals surface area contributed by atoms with Crippen molar-refractivity contribution in [2.24, 2.45) is 0 Å². The van der Waals surface area contributed by atoms with Gasteiger partial charge in [-0.2, -0.15) is 5.26 Å². The van der Waals surface area contributed by atoms with Gasteiger partial charge in [0, 0.05) is 26.1 Å². The summed E-state index contributed by atoms with van der Waals surface area (Å²) in [6.45, 7) is 2.24. The number of carbonyl (C=O) groups excluding carboxylic acids is 2. The highest BCUT2D eigenvalue weighted by Crippen LogP contribution is 2.38. The van der Waals surface area contributed by atoms with Crippen molar-refractivity contribution in [2.45, 2.75) is 24.6 Å². The predicted octanol–water partition coefficient (Wildman–Crippen LogP) is 2.14. The van der Waals surface area contributed by atoms with Crippen LogP contribution in [0.1, 0.15) is 35.8 Å². The lowest BCUT2D eigenvalue weighted by atomic mass is 10.1. The predicted molar refractivity (Wildman–Crippen MR) is 88.5 cm³/mol. The van der Waals surface area contributed by atoms with Crippen LogP contribution in [0.3, 0.4) is 0 Å². The summed E-state index contributed by atoms with van der Waals surface area (Å²) in [5.74, 6) is 0.876. The van der Waals surface area contributed by atoms with Crippen LogP contribution in [0, 0.1) is 11.3 Å². The van der Waals surface area contributed by atoms with Gasteiger partial charge in [0.15, 0.2) is 0 Å². The van der Waals surface area contributed by atoms with Gasteiger partial charge in [-0.25, -0.2) is 0 Å². The zero-order valence-electron chi connectivity index (χ0n) is 12.9. The van der Waals surface area contributed by atoms with E-state index in [9.17, 15) is 9.59 Å². The van der Waals surface area contributed by atoms with E-state index in [1.54, 1.807) is 23.9 Å². The average Bonchev–Trinajstić information content (AvgIpc) is 3.14. The van der Waals surface area contributed by atoms with Gasteiger partial charge in [0.2, 0.25) is 11.8 Å². The van der Waals surface area contributed by atoms with Gasteiger partial charge in [-0.1, -0.05) is 12.1 Å². The molecule has 2 saturated heterocycles. The van der Waals surface area contributed by atoms with Gasteiger partial charge in [0.25, 0.3) is 0 Å². The van der Waals surface area contributed by atoms with E-state index >= 15 is 0 Å². The summed E-state index contributed by atoms with van der Waals surface area (Å²) >= 11 is 1.62. The second kappa shape index (κ2) is 7.05. The van der Waals surface area contributed by atoms with Gasteiger partial charge in [-0.3, -0.25) is 9.59 Å². The highest BCUT2D eigenvalue weighted by molar-refractivity contribution is 8.00. The van der Waals surface area contributed by atoms with Crippen molar-refractivity contribution in [3.8, 4) is 6.07 Å². The van der Waals surface area contributed by atoms with Crippen LogP contribution in [0.25, 0.3) is 0 Å². The fourth-order valence-corrected chi connectivity index (χ4v) is 4.29. The maximum atomic E-state index is 12.1. The highest BCUT2D eigenvalue weighted by atomic mass is 32.2.